The van der Waals surface area contributed by atoms with Crippen molar-refractivity contribution in [3.63, 3.8) is 0 Å². The second kappa shape index (κ2) is 35.5. The summed E-state index contributed by atoms with van der Waals surface area (Å²) >= 11 is 0. The summed E-state index contributed by atoms with van der Waals surface area (Å²) in [4.78, 5) is 24.9. The number of ether oxygens (including phenoxy) is 2. The van der Waals surface area contributed by atoms with E-state index in [-0.39, 0.29) is 25.8 Å². The lowest BCUT2D eigenvalue weighted by molar-refractivity contribution is -0.870. The van der Waals surface area contributed by atoms with E-state index < -0.39 is 13.9 Å². The first kappa shape index (κ1) is 49.5. The minimum atomic E-state index is -4.52. The number of allylic oxidation sites excluding steroid dienone is 8. The molecule has 298 valence electrons. The van der Waals surface area contributed by atoms with Crippen molar-refractivity contribution in [3.8, 4) is 0 Å². The number of hydrogen-bond acceptors (Lipinski definition) is 7. The van der Waals surface area contributed by atoms with Crippen molar-refractivity contribution in [2.75, 3.05) is 54.1 Å². The van der Waals surface area contributed by atoms with Crippen molar-refractivity contribution in [1.29, 1.82) is 0 Å². The number of unbranched alkanes of at least 4 members (excludes halogenated alkanes) is 15. The van der Waals surface area contributed by atoms with Crippen molar-refractivity contribution < 1.29 is 37.3 Å². The fourth-order valence-corrected chi connectivity index (χ4v) is 5.92. The third kappa shape index (κ3) is 39.5. The molecule has 0 aromatic carbocycles. The number of hydrogen-bond donors (Lipinski definition) is 0. The number of nitrogens with zero attached hydrogens (tertiary/aromatic N) is 1. The predicted molar refractivity (Wildman–Crippen MR) is 213 cm³/mol. The maximum Gasteiger partial charge on any atom is 0.306 e. The molecule has 0 amide bonds. The van der Waals surface area contributed by atoms with E-state index >= 15 is 0 Å². The number of rotatable bonds is 37. The van der Waals surface area contributed by atoms with Gasteiger partial charge >= 0.3 is 5.97 Å². The molecule has 0 aromatic heterocycles. The van der Waals surface area contributed by atoms with E-state index in [0.717, 1.165) is 70.6 Å². The predicted octanol–water partition coefficient (Wildman–Crippen LogP) is 11.0. The minimum Gasteiger partial charge on any atom is -0.756 e. The second-order valence-corrected chi connectivity index (χ2v) is 16.0. The first-order chi connectivity index (χ1) is 24.6. The summed E-state index contributed by atoms with van der Waals surface area (Å²) in [5, 5.41) is 0. The molecule has 2 atom stereocenters. The highest BCUT2D eigenvalue weighted by molar-refractivity contribution is 7.45. The van der Waals surface area contributed by atoms with Gasteiger partial charge in [-0.25, -0.2) is 0 Å². The number of phosphoric acid groups is 1. The molecular weight excluding hydrogens is 661 g/mol. The number of carbonyl (C=O) groups is 1. The Morgan fingerprint density at radius 1 is 0.627 bits per heavy atom. The van der Waals surface area contributed by atoms with Crippen molar-refractivity contribution in [2.24, 2.45) is 0 Å². The largest absolute Gasteiger partial charge is 0.756 e. The van der Waals surface area contributed by atoms with Crippen LogP contribution in [0.25, 0.3) is 0 Å². The Bertz CT molecular complexity index is 957. The fraction of sp³-hybridized carbons (Fsp3) is 0.786. The fourth-order valence-electron chi connectivity index (χ4n) is 5.19. The molecule has 9 heteroatoms. The highest BCUT2D eigenvalue weighted by atomic mass is 31.2. The SMILES string of the molecule is CC/C=C\C/C=C\C/C=C\CCCCCCCCCCOCC(COP(=O)([O-])OCC[N+](C)(C)C)OC(=O)CCCCCCC/C=C\CCCC. The number of phosphoric ester groups is 1. The van der Waals surface area contributed by atoms with Crippen LogP contribution in [-0.4, -0.2) is 70.7 Å². The zero-order valence-corrected chi connectivity index (χ0v) is 34.4. The van der Waals surface area contributed by atoms with Gasteiger partial charge in [0.1, 0.15) is 19.3 Å². The van der Waals surface area contributed by atoms with E-state index in [2.05, 4.69) is 62.5 Å². The van der Waals surface area contributed by atoms with Gasteiger partial charge in [-0.05, 0) is 64.2 Å². The number of quaternary nitrogens is 1. The van der Waals surface area contributed by atoms with E-state index in [4.69, 9.17) is 18.5 Å². The van der Waals surface area contributed by atoms with E-state index in [1.54, 1.807) is 0 Å². The molecule has 0 saturated heterocycles. The Morgan fingerprint density at radius 3 is 1.73 bits per heavy atom. The lowest BCUT2D eigenvalue weighted by Gasteiger charge is -2.28. The summed E-state index contributed by atoms with van der Waals surface area (Å²) in [5.41, 5.74) is 0. The van der Waals surface area contributed by atoms with Gasteiger partial charge in [0.2, 0.25) is 0 Å². The molecule has 0 fully saturated rings. The van der Waals surface area contributed by atoms with Crippen molar-refractivity contribution >= 4 is 13.8 Å². The second-order valence-electron chi connectivity index (χ2n) is 14.6. The molecule has 2 unspecified atom stereocenters. The van der Waals surface area contributed by atoms with Crippen molar-refractivity contribution in [2.45, 2.75) is 161 Å². The van der Waals surface area contributed by atoms with Gasteiger partial charge in [-0.3, -0.25) is 9.36 Å². The molecule has 0 aliphatic heterocycles. The van der Waals surface area contributed by atoms with Crippen LogP contribution in [-0.2, 0) is 27.9 Å². The van der Waals surface area contributed by atoms with Gasteiger partial charge in [-0.1, -0.05) is 133 Å². The lowest BCUT2D eigenvalue weighted by atomic mass is 10.1. The van der Waals surface area contributed by atoms with Crippen LogP contribution >= 0.6 is 7.82 Å². The van der Waals surface area contributed by atoms with Gasteiger partial charge < -0.3 is 27.9 Å². The quantitative estimate of drug-likeness (QED) is 0.0206. The summed E-state index contributed by atoms with van der Waals surface area (Å²) in [5.74, 6) is -0.350. The average molecular weight is 740 g/mol. The number of esters is 1. The topological polar surface area (TPSA) is 94.1 Å². The summed E-state index contributed by atoms with van der Waals surface area (Å²) in [6.45, 7) is 5.22. The Morgan fingerprint density at radius 2 is 1.14 bits per heavy atom. The molecule has 0 aliphatic rings. The third-order valence-electron chi connectivity index (χ3n) is 8.36. The standard InChI is InChI=1S/C42H78NO7P/c1-6-8-10-12-14-16-18-19-20-21-22-23-24-26-28-30-32-34-37-47-39-41(40-49-51(45,46)48-38-36-43(3,4)5)50-42(44)35-33-31-29-27-25-17-15-13-11-9-7-2/h8,10,13-16,19-20,41H,6-7,9,11-12,17-18,21-40H2,1-5H3/b10-8-,15-13-,16-14-,20-19-. The van der Waals surface area contributed by atoms with Gasteiger partial charge in [0, 0.05) is 13.0 Å². The zero-order valence-electron chi connectivity index (χ0n) is 33.5. The third-order valence-corrected chi connectivity index (χ3v) is 9.33. The first-order valence-electron chi connectivity index (χ1n) is 20.4. The Balaban J connectivity index is 4.25. The maximum atomic E-state index is 12.6. The summed E-state index contributed by atoms with van der Waals surface area (Å²) < 4.78 is 34.5. The van der Waals surface area contributed by atoms with Crippen LogP contribution in [0.5, 0.6) is 0 Å². The minimum absolute atomic E-state index is 0.0214. The monoisotopic (exact) mass is 740 g/mol. The first-order valence-corrected chi connectivity index (χ1v) is 21.8. The van der Waals surface area contributed by atoms with Crippen molar-refractivity contribution in [1.82, 2.24) is 0 Å². The Labute approximate surface area is 314 Å². The van der Waals surface area contributed by atoms with Crippen molar-refractivity contribution in [3.05, 3.63) is 48.6 Å². The number of likely N-dealkylation sites (N-methyl/N-ethyl adjacent to an activating group) is 1. The molecule has 0 saturated carbocycles. The molecule has 0 bridgehead atoms. The molecule has 0 rings (SSSR count). The molecule has 0 aromatic rings. The van der Waals surface area contributed by atoms with Crippen LogP contribution in [0.3, 0.4) is 0 Å². The van der Waals surface area contributed by atoms with E-state index in [1.807, 2.05) is 21.1 Å². The summed E-state index contributed by atoms with van der Waals surface area (Å²) in [6.07, 6.45) is 41.2. The van der Waals surface area contributed by atoms with Crippen LogP contribution in [0.15, 0.2) is 48.6 Å². The highest BCUT2D eigenvalue weighted by Gasteiger charge is 2.20. The van der Waals surface area contributed by atoms with Crippen LogP contribution in [0, 0.1) is 0 Å². The van der Waals surface area contributed by atoms with Gasteiger partial charge in [-0.2, -0.15) is 0 Å². The zero-order chi connectivity index (χ0) is 37.7. The molecule has 51 heavy (non-hydrogen) atoms. The van der Waals surface area contributed by atoms with Gasteiger partial charge in [0.25, 0.3) is 7.82 Å². The Hall–Kier alpha value is -1.54. The van der Waals surface area contributed by atoms with Crippen LogP contribution in [0.1, 0.15) is 155 Å². The molecule has 0 aliphatic carbocycles. The van der Waals surface area contributed by atoms with E-state index in [9.17, 15) is 14.3 Å². The molecule has 0 radical (unpaired) electrons. The molecule has 0 spiro atoms. The van der Waals surface area contributed by atoms with Gasteiger partial charge in [0.15, 0.2) is 0 Å². The smallest absolute Gasteiger partial charge is 0.306 e. The summed E-state index contributed by atoms with van der Waals surface area (Å²) in [7, 11) is 1.34. The summed E-state index contributed by atoms with van der Waals surface area (Å²) in [6, 6.07) is 0. The molecule has 8 nitrogen and oxygen atoms in total. The maximum absolute atomic E-state index is 12.6. The highest BCUT2D eigenvalue weighted by Crippen LogP contribution is 2.38. The normalized spacial score (nSPS) is 14.4. The molecule has 0 heterocycles. The molecule has 0 N–H and O–H groups in total. The van der Waals surface area contributed by atoms with Crippen LogP contribution in [0.4, 0.5) is 0 Å². The van der Waals surface area contributed by atoms with Gasteiger partial charge in [-0.15, -0.1) is 0 Å². The average Bonchev–Trinajstić information content (AvgIpc) is 3.08. The van der Waals surface area contributed by atoms with E-state index in [0.29, 0.717) is 24.1 Å². The lowest BCUT2D eigenvalue weighted by Crippen LogP contribution is -2.37. The van der Waals surface area contributed by atoms with Crippen LogP contribution in [0.2, 0.25) is 0 Å². The van der Waals surface area contributed by atoms with Gasteiger partial charge in [0.05, 0.1) is 34.4 Å². The van der Waals surface area contributed by atoms with E-state index in [1.165, 1.54) is 64.2 Å². The Kier molecular flexibility index (Phi) is 34.4. The molecular formula is C42H78NO7P. The number of carbonyl (C=O) groups excluding carboxylic acids is 1. The van der Waals surface area contributed by atoms with Crippen LogP contribution < -0.4 is 4.89 Å².